The highest BCUT2D eigenvalue weighted by molar-refractivity contribution is 8.00. The number of nitrogens with two attached hydrogens (primary N) is 1. The summed E-state index contributed by atoms with van der Waals surface area (Å²) in [5.74, 6) is -0.475. The quantitative estimate of drug-likeness (QED) is 0.832. The van der Waals surface area contributed by atoms with Gasteiger partial charge in [-0.3, -0.25) is 9.59 Å². The summed E-state index contributed by atoms with van der Waals surface area (Å²) in [4.78, 5) is 26.6. The number of rotatable bonds is 5. The van der Waals surface area contributed by atoms with Gasteiger partial charge in [0.05, 0.1) is 18.4 Å². The SMILES string of the molecule is CC[C@H](Sc1ccccc1)C(=O)N1CCO[C@@H](C(N)=O)C1. The Labute approximate surface area is 128 Å². The molecule has 1 aromatic carbocycles. The van der Waals surface area contributed by atoms with Crippen molar-refractivity contribution in [3.8, 4) is 0 Å². The highest BCUT2D eigenvalue weighted by Crippen LogP contribution is 2.27. The first-order valence-electron chi connectivity index (χ1n) is 7.03. The fraction of sp³-hybridized carbons (Fsp3) is 0.467. The molecule has 1 aliphatic heterocycles. The Morgan fingerprint density at radius 3 is 2.76 bits per heavy atom. The molecule has 0 spiro atoms. The molecule has 0 radical (unpaired) electrons. The lowest BCUT2D eigenvalue weighted by molar-refractivity contribution is -0.145. The van der Waals surface area contributed by atoms with Gasteiger partial charge in [0.1, 0.15) is 0 Å². The summed E-state index contributed by atoms with van der Waals surface area (Å²) in [6.07, 6.45) is 0.0405. The highest BCUT2D eigenvalue weighted by atomic mass is 32.2. The summed E-state index contributed by atoms with van der Waals surface area (Å²) in [7, 11) is 0. The molecule has 21 heavy (non-hydrogen) atoms. The summed E-state index contributed by atoms with van der Waals surface area (Å²) >= 11 is 1.55. The summed E-state index contributed by atoms with van der Waals surface area (Å²) < 4.78 is 5.28. The molecule has 2 N–H and O–H groups in total. The Hall–Kier alpha value is -1.53. The van der Waals surface area contributed by atoms with Gasteiger partial charge in [-0.25, -0.2) is 0 Å². The molecular weight excluding hydrogens is 288 g/mol. The van der Waals surface area contributed by atoms with Gasteiger partial charge in [0.25, 0.3) is 0 Å². The minimum absolute atomic E-state index is 0.0425. The summed E-state index contributed by atoms with van der Waals surface area (Å²) in [5, 5.41) is -0.154. The van der Waals surface area contributed by atoms with Crippen molar-refractivity contribution in [3.05, 3.63) is 30.3 Å². The van der Waals surface area contributed by atoms with Crippen LogP contribution in [0.3, 0.4) is 0 Å². The second-order valence-corrected chi connectivity index (χ2v) is 6.15. The topological polar surface area (TPSA) is 72.6 Å². The monoisotopic (exact) mass is 308 g/mol. The zero-order valence-corrected chi connectivity index (χ0v) is 12.8. The standard InChI is InChI=1S/C15H20N2O3S/c1-2-13(21-11-6-4-3-5-7-11)15(19)17-8-9-20-12(10-17)14(16)18/h3-7,12-13H,2,8-10H2,1H3,(H2,16,18)/t12-,13+/m1/s1. The molecule has 0 unspecified atom stereocenters. The van der Waals surface area contributed by atoms with E-state index in [1.54, 1.807) is 16.7 Å². The van der Waals surface area contributed by atoms with Crippen LogP contribution in [-0.4, -0.2) is 47.8 Å². The van der Waals surface area contributed by atoms with Gasteiger partial charge in [-0.15, -0.1) is 11.8 Å². The number of benzene rings is 1. The Kier molecular flexibility index (Phi) is 5.64. The molecule has 2 rings (SSSR count). The van der Waals surface area contributed by atoms with E-state index in [1.165, 1.54) is 0 Å². The third kappa shape index (κ3) is 4.22. The third-order valence-corrected chi connectivity index (χ3v) is 4.73. The van der Waals surface area contributed by atoms with Gasteiger partial charge in [-0.05, 0) is 18.6 Å². The first-order chi connectivity index (χ1) is 10.1. The number of amides is 2. The molecule has 0 saturated carbocycles. The molecule has 0 aromatic heterocycles. The van der Waals surface area contributed by atoms with E-state index >= 15 is 0 Å². The molecule has 1 saturated heterocycles. The normalized spacial score (nSPS) is 20.0. The summed E-state index contributed by atoms with van der Waals surface area (Å²) in [6.45, 7) is 3.10. The van der Waals surface area contributed by atoms with Crippen molar-refractivity contribution in [1.82, 2.24) is 4.90 Å². The average Bonchev–Trinajstić information content (AvgIpc) is 2.53. The molecule has 2 atom stereocenters. The van der Waals surface area contributed by atoms with Crippen molar-refractivity contribution in [2.24, 2.45) is 5.73 Å². The number of nitrogens with zero attached hydrogens (tertiary/aromatic N) is 1. The maximum Gasteiger partial charge on any atom is 0.248 e. The average molecular weight is 308 g/mol. The number of hydrogen-bond acceptors (Lipinski definition) is 4. The Balaban J connectivity index is 2.00. The molecule has 2 amide bonds. The molecular formula is C15H20N2O3S. The van der Waals surface area contributed by atoms with Gasteiger partial charge in [0.2, 0.25) is 11.8 Å². The Morgan fingerprint density at radius 1 is 1.43 bits per heavy atom. The molecule has 114 valence electrons. The van der Waals surface area contributed by atoms with E-state index in [2.05, 4.69) is 0 Å². The Morgan fingerprint density at radius 2 is 2.14 bits per heavy atom. The van der Waals surface area contributed by atoms with Crippen molar-refractivity contribution in [2.75, 3.05) is 19.7 Å². The maximum absolute atomic E-state index is 12.6. The lowest BCUT2D eigenvalue weighted by Gasteiger charge is -2.33. The van der Waals surface area contributed by atoms with E-state index in [4.69, 9.17) is 10.5 Å². The number of carbonyl (C=O) groups excluding carboxylic acids is 2. The minimum atomic E-state index is -0.693. The zero-order chi connectivity index (χ0) is 15.2. The zero-order valence-electron chi connectivity index (χ0n) is 12.0. The van der Waals surface area contributed by atoms with E-state index in [0.29, 0.717) is 13.2 Å². The molecule has 0 aliphatic carbocycles. The van der Waals surface area contributed by atoms with Crippen LogP contribution in [0.4, 0.5) is 0 Å². The number of primary amides is 1. The van der Waals surface area contributed by atoms with Crippen LogP contribution in [0.5, 0.6) is 0 Å². The van der Waals surface area contributed by atoms with Gasteiger partial charge in [0, 0.05) is 11.4 Å². The number of hydrogen-bond donors (Lipinski definition) is 1. The van der Waals surface area contributed by atoms with Crippen molar-refractivity contribution < 1.29 is 14.3 Å². The number of carbonyl (C=O) groups is 2. The van der Waals surface area contributed by atoms with Crippen LogP contribution in [0, 0.1) is 0 Å². The van der Waals surface area contributed by atoms with E-state index < -0.39 is 12.0 Å². The number of morpholine rings is 1. The molecule has 0 bridgehead atoms. The van der Waals surface area contributed by atoms with Crippen molar-refractivity contribution in [2.45, 2.75) is 29.6 Å². The second kappa shape index (κ2) is 7.47. The van der Waals surface area contributed by atoms with Crippen LogP contribution in [-0.2, 0) is 14.3 Å². The fourth-order valence-electron chi connectivity index (χ4n) is 2.20. The smallest absolute Gasteiger partial charge is 0.248 e. The van der Waals surface area contributed by atoms with Gasteiger partial charge in [-0.1, -0.05) is 25.1 Å². The molecule has 1 aromatic rings. The van der Waals surface area contributed by atoms with Gasteiger partial charge in [0.15, 0.2) is 6.10 Å². The Bertz CT molecular complexity index is 495. The van der Waals surface area contributed by atoms with Gasteiger partial charge in [-0.2, -0.15) is 0 Å². The molecule has 6 heteroatoms. The van der Waals surface area contributed by atoms with E-state index in [9.17, 15) is 9.59 Å². The first-order valence-corrected chi connectivity index (χ1v) is 7.91. The second-order valence-electron chi connectivity index (χ2n) is 4.87. The van der Waals surface area contributed by atoms with Crippen LogP contribution in [0.2, 0.25) is 0 Å². The van der Waals surface area contributed by atoms with E-state index in [0.717, 1.165) is 11.3 Å². The first kappa shape index (κ1) is 15.9. The van der Waals surface area contributed by atoms with Crippen molar-refractivity contribution in [3.63, 3.8) is 0 Å². The lowest BCUT2D eigenvalue weighted by Crippen LogP contribution is -2.52. The summed E-state index contributed by atoms with van der Waals surface area (Å²) in [6, 6.07) is 9.85. The highest BCUT2D eigenvalue weighted by Gasteiger charge is 2.31. The predicted octanol–water partition coefficient (Wildman–Crippen LogP) is 1.27. The van der Waals surface area contributed by atoms with Crippen LogP contribution >= 0.6 is 11.8 Å². The summed E-state index contributed by atoms with van der Waals surface area (Å²) in [5.41, 5.74) is 5.25. The molecule has 1 fully saturated rings. The van der Waals surface area contributed by atoms with Crippen LogP contribution < -0.4 is 5.73 Å². The molecule has 5 nitrogen and oxygen atoms in total. The van der Waals surface area contributed by atoms with E-state index in [-0.39, 0.29) is 17.7 Å². The third-order valence-electron chi connectivity index (χ3n) is 3.36. The van der Waals surface area contributed by atoms with Gasteiger partial charge < -0.3 is 15.4 Å². The lowest BCUT2D eigenvalue weighted by atomic mass is 10.2. The maximum atomic E-state index is 12.6. The predicted molar refractivity (Wildman–Crippen MR) is 81.9 cm³/mol. The van der Waals surface area contributed by atoms with Crippen LogP contribution in [0.15, 0.2) is 35.2 Å². The number of ether oxygens (including phenoxy) is 1. The van der Waals surface area contributed by atoms with E-state index in [1.807, 2.05) is 37.3 Å². The van der Waals surface area contributed by atoms with Gasteiger partial charge >= 0.3 is 0 Å². The van der Waals surface area contributed by atoms with Crippen molar-refractivity contribution >= 4 is 23.6 Å². The number of thioether (sulfide) groups is 1. The van der Waals surface area contributed by atoms with Crippen molar-refractivity contribution in [1.29, 1.82) is 0 Å². The molecule has 1 heterocycles. The minimum Gasteiger partial charge on any atom is -0.367 e. The largest absolute Gasteiger partial charge is 0.367 e. The van der Waals surface area contributed by atoms with Crippen LogP contribution in [0.25, 0.3) is 0 Å². The molecule has 1 aliphatic rings. The fourth-order valence-corrected chi connectivity index (χ4v) is 3.26. The van der Waals surface area contributed by atoms with Crippen LogP contribution in [0.1, 0.15) is 13.3 Å².